The Morgan fingerprint density at radius 2 is 2.04 bits per heavy atom. The van der Waals surface area contributed by atoms with E-state index >= 15 is 0 Å². The molecule has 0 bridgehead atoms. The standard InChI is InChI=1S/C20H20ClN3O2/c1-3-19(14-7-9-18(26-2)10-8-14)23-20(25)15-12-22-24(13-15)17-6-4-5-16(21)11-17/h4-13,19H,3H2,1-2H3,(H,23,25). The van der Waals surface area contributed by atoms with Gasteiger partial charge in [0.15, 0.2) is 0 Å². The largest absolute Gasteiger partial charge is 0.497 e. The van der Waals surface area contributed by atoms with Crippen LogP contribution < -0.4 is 10.1 Å². The van der Waals surface area contributed by atoms with E-state index in [4.69, 9.17) is 16.3 Å². The third-order valence-electron chi connectivity index (χ3n) is 4.15. The molecular weight excluding hydrogens is 350 g/mol. The Bertz CT molecular complexity index is 890. The molecule has 0 spiro atoms. The van der Waals surface area contributed by atoms with Crippen molar-refractivity contribution in [3.63, 3.8) is 0 Å². The summed E-state index contributed by atoms with van der Waals surface area (Å²) in [6, 6.07) is 14.9. The Morgan fingerprint density at radius 1 is 1.27 bits per heavy atom. The van der Waals surface area contributed by atoms with Gasteiger partial charge in [-0.15, -0.1) is 0 Å². The fraction of sp³-hybridized carbons (Fsp3) is 0.200. The van der Waals surface area contributed by atoms with Crippen LogP contribution in [-0.4, -0.2) is 22.8 Å². The Balaban J connectivity index is 1.74. The van der Waals surface area contributed by atoms with Gasteiger partial charge in [0.2, 0.25) is 0 Å². The maximum absolute atomic E-state index is 12.6. The molecule has 6 heteroatoms. The lowest BCUT2D eigenvalue weighted by Gasteiger charge is -2.17. The van der Waals surface area contributed by atoms with Gasteiger partial charge in [-0.2, -0.15) is 5.10 Å². The molecule has 1 unspecified atom stereocenters. The minimum absolute atomic E-state index is 0.0806. The van der Waals surface area contributed by atoms with Crippen LogP contribution in [0, 0.1) is 0 Å². The van der Waals surface area contributed by atoms with E-state index in [1.165, 1.54) is 0 Å². The van der Waals surface area contributed by atoms with Gasteiger partial charge in [-0.1, -0.05) is 36.7 Å². The van der Waals surface area contributed by atoms with Crippen LogP contribution in [0.15, 0.2) is 60.9 Å². The van der Waals surface area contributed by atoms with Crippen molar-refractivity contribution >= 4 is 17.5 Å². The summed E-state index contributed by atoms with van der Waals surface area (Å²) >= 11 is 6.01. The van der Waals surface area contributed by atoms with Gasteiger partial charge in [0, 0.05) is 11.2 Å². The summed E-state index contributed by atoms with van der Waals surface area (Å²) in [5.41, 5.74) is 2.33. The quantitative estimate of drug-likeness (QED) is 0.700. The number of aromatic nitrogens is 2. The second-order valence-electron chi connectivity index (χ2n) is 5.86. The first-order valence-corrected chi connectivity index (χ1v) is 8.74. The van der Waals surface area contributed by atoms with Crippen LogP contribution in [0.1, 0.15) is 35.3 Å². The summed E-state index contributed by atoms with van der Waals surface area (Å²) in [7, 11) is 1.63. The molecule has 3 rings (SSSR count). The summed E-state index contributed by atoms with van der Waals surface area (Å²) in [5.74, 6) is 0.624. The fourth-order valence-electron chi connectivity index (χ4n) is 2.70. The maximum atomic E-state index is 12.6. The average Bonchev–Trinajstić information content (AvgIpc) is 3.16. The molecule has 0 aliphatic rings. The van der Waals surface area contributed by atoms with E-state index in [1.54, 1.807) is 36.3 Å². The smallest absolute Gasteiger partial charge is 0.254 e. The zero-order chi connectivity index (χ0) is 18.5. The van der Waals surface area contributed by atoms with Crippen molar-refractivity contribution in [3.8, 4) is 11.4 Å². The van der Waals surface area contributed by atoms with E-state index in [-0.39, 0.29) is 11.9 Å². The van der Waals surface area contributed by atoms with Crippen LogP contribution >= 0.6 is 11.6 Å². The molecule has 1 atom stereocenters. The molecule has 1 aromatic heterocycles. The number of ether oxygens (including phenoxy) is 1. The number of carbonyl (C=O) groups excluding carboxylic acids is 1. The van der Waals surface area contributed by atoms with E-state index in [1.807, 2.05) is 43.3 Å². The van der Waals surface area contributed by atoms with Crippen LogP contribution in [-0.2, 0) is 0 Å². The van der Waals surface area contributed by atoms with Crippen LogP contribution in [0.2, 0.25) is 5.02 Å². The first-order valence-electron chi connectivity index (χ1n) is 8.36. The highest BCUT2D eigenvalue weighted by Crippen LogP contribution is 2.21. The number of halogens is 1. The van der Waals surface area contributed by atoms with Crippen LogP contribution in [0.25, 0.3) is 5.69 Å². The highest BCUT2D eigenvalue weighted by Gasteiger charge is 2.16. The minimum Gasteiger partial charge on any atom is -0.497 e. The lowest BCUT2D eigenvalue weighted by atomic mass is 10.0. The number of rotatable bonds is 6. The highest BCUT2D eigenvalue weighted by atomic mass is 35.5. The number of nitrogens with one attached hydrogen (secondary N) is 1. The fourth-order valence-corrected chi connectivity index (χ4v) is 2.88. The van der Waals surface area contributed by atoms with E-state index in [2.05, 4.69) is 10.4 Å². The summed E-state index contributed by atoms with van der Waals surface area (Å²) in [5, 5.41) is 7.93. The van der Waals surface area contributed by atoms with Gasteiger partial charge in [0.1, 0.15) is 5.75 Å². The predicted molar refractivity (Wildman–Crippen MR) is 102 cm³/mol. The number of hydrogen-bond acceptors (Lipinski definition) is 3. The molecule has 0 saturated carbocycles. The molecule has 1 amide bonds. The maximum Gasteiger partial charge on any atom is 0.254 e. The van der Waals surface area contributed by atoms with E-state index in [0.717, 1.165) is 23.4 Å². The summed E-state index contributed by atoms with van der Waals surface area (Å²) < 4.78 is 6.81. The van der Waals surface area contributed by atoms with Gasteiger partial charge in [0.25, 0.3) is 5.91 Å². The summed E-state index contributed by atoms with van der Waals surface area (Å²) in [6.45, 7) is 2.03. The lowest BCUT2D eigenvalue weighted by molar-refractivity contribution is 0.0935. The second kappa shape index (κ2) is 8.06. The molecular formula is C20H20ClN3O2. The van der Waals surface area contributed by atoms with Crippen LogP contribution in [0.5, 0.6) is 5.75 Å². The van der Waals surface area contributed by atoms with Gasteiger partial charge in [-0.3, -0.25) is 4.79 Å². The van der Waals surface area contributed by atoms with Gasteiger partial charge in [0.05, 0.1) is 30.6 Å². The van der Waals surface area contributed by atoms with Gasteiger partial charge >= 0.3 is 0 Å². The molecule has 0 radical (unpaired) electrons. The van der Waals surface area contributed by atoms with Crippen molar-refractivity contribution in [1.29, 1.82) is 0 Å². The topological polar surface area (TPSA) is 56.2 Å². The number of hydrogen-bond donors (Lipinski definition) is 1. The van der Waals surface area contributed by atoms with Crippen molar-refractivity contribution < 1.29 is 9.53 Å². The Kier molecular flexibility index (Phi) is 5.58. The van der Waals surface area contributed by atoms with E-state index < -0.39 is 0 Å². The van der Waals surface area contributed by atoms with E-state index in [0.29, 0.717) is 10.6 Å². The number of nitrogens with zero attached hydrogens (tertiary/aromatic N) is 2. The first kappa shape index (κ1) is 18.0. The molecule has 2 aromatic carbocycles. The third-order valence-corrected chi connectivity index (χ3v) is 4.38. The SMILES string of the molecule is CCC(NC(=O)c1cnn(-c2cccc(Cl)c2)c1)c1ccc(OC)cc1. The summed E-state index contributed by atoms with van der Waals surface area (Å²) in [6.07, 6.45) is 4.03. The van der Waals surface area contributed by atoms with Gasteiger partial charge in [-0.25, -0.2) is 4.68 Å². The van der Waals surface area contributed by atoms with Gasteiger partial charge in [-0.05, 0) is 42.3 Å². The highest BCUT2D eigenvalue weighted by molar-refractivity contribution is 6.30. The normalized spacial score (nSPS) is 11.8. The van der Waals surface area contributed by atoms with Gasteiger partial charge < -0.3 is 10.1 Å². The van der Waals surface area contributed by atoms with Crippen molar-refractivity contribution in [2.75, 3.05) is 7.11 Å². The molecule has 0 aliphatic carbocycles. The molecule has 26 heavy (non-hydrogen) atoms. The Hall–Kier alpha value is -2.79. The molecule has 0 fully saturated rings. The van der Waals surface area contributed by atoms with E-state index in [9.17, 15) is 4.79 Å². The molecule has 3 aromatic rings. The lowest BCUT2D eigenvalue weighted by Crippen LogP contribution is -2.27. The Morgan fingerprint density at radius 3 is 2.69 bits per heavy atom. The number of carbonyl (C=O) groups is 1. The first-order chi connectivity index (χ1) is 12.6. The molecule has 1 N–H and O–H groups in total. The predicted octanol–water partition coefficient (Wildman–Crippen LogP) is 4.42. The second-order valence-corrected chi connectivity index (χ2v) is 6.30. The number of benzene rings is 2. The Labute approximate surface area is 157 Å². The molecule has 134 valence electrons. The minimum atomic E-state index is -0.166. The zero-order valence-electron chi connectivity index (χ0n) is 14.6. The van der Waals surface area contributed by atoms with Crippen LogP contribution in [0.3, 0.4) is 0 Å². The van der Waals surface area contributed by atoms with Crippen molar-refractivity contribution in [2.24, 2.45) is 0 Å². The van der Waals surface area contributed by atoms with Crippen molar-refractivity contribution in [3.05, 3.63) is 77.1 Å². The van der Waals surface area contributed by atoms with Crippen molar-refractivity contribution in [2.45, 2.75) is 19.4 Å². The monoisotopic (exact) mass is 369 g/mol. The van der Waals surface area contributed by atoms with Crippen molar-refractivity contribution in [1.82, 2.24) is 15.1 Å². The molecule has 0 saturated heterocycles. The number of methoxy groups -OCH3 is 1. The zero-order valence-corrected chi connectivity index (χ0v) is 15.4. The molecule has 0 aliphatic heterocycles. The van der Waals surface area contributed by atoms with Crippen LogP contribution in [0.4, 0.5) is 0 Å². The third kappa shape index (κ3) is 4.06. The molecule has 1 heterocycles. The molecule has 5 nitrogen and oxygen atoms in total. The number of amides is 1. The average molecular weight is 370 g/mol. The summed E-state index contributed by atoms with van der Waals surface area (Å²) in [4.78, 5) is 12.6.